The molecule has 0 saturated heterocycles. The number of carbonyl (C=O) groups excluding carboxylic acids is 1. The Morgan fingerprint density at radius 1 is 1.22 bits per heavy atom. The number of thiazole rings is 1. The molecule has 1 amide bonds. The van der Waals surface area contributed by atoms with Crippen molar-refractivity contribution >= 4 is 22.9 Å². The number of halogens is 2. The molecule has 2 aromatic heterocycles. The van der Waals surface area contributed by atoms with Crippen LogP contribution < -0.4 is 5.32 Å². The number of nitrogens with zero attached hydrogens (tertiary/aromatic N) is 2. The lowest BCUT2D eigenvalue weighted by Gasteiger charge is -2.04. The number of nitrogens with one attached hydrogen (secondary N) is 1. The number of aromatic nitrogens is 2. The van der Waals surface area contributed by atoms with Crippen molar-refractivity contribution in [3.63, 3.8) is 0 Å². The Balaban J connectivity index is 1.66. The number of rotatable bonds is 4. The van der Waals surface area contributed by atoms with Gasteiger partial charge in [-0.1, -0.05) is 0 Å². The Kier molecular flexibility index (Phi) is 4.38. The zero-order valence-corrected chi connectivity index (χ0v) is 12.6. The van der Waals surface area contributed by atoms with Crippen LogP contribution in [0.3, 0.4) is 0 Å². The van der Waals surface area contributed by atoms with Crippen LogP contribution in [0.5, 0.6) is 0 Å². The van der Waals surface area contributed by atoms with E-state index in [1.807, 2.05) is 12.1 Å². The number of benzene rings is 1. The van der Waals surface area contributed by atoms with Crippen LogP contribution in [0.4, 0.5) is 14.5 Å². The average Bonchev–Trinajstić information content (AvgIpc) is 3.00. The molecule has 0 fully saturated rings. The second-order valence-corrected chi connectivity index (χ2v) is 5.60. The van der Waals surface area contributed by atoms with Gasteiger partial charge in [0.25, 0.3) is 0 Å². The van der Waals surface area contributed by atoms with E-state index < -0.39 is 11.6 Å². The first-order chi connectivity index (χ1) is 11.1. The van der Waals surface area contributed by atoms with Crippen molar-refractivity contribution in [3.05, 3.63) is 65.4 Å². The van der Waals surface area contributed by atoms with E-state index in [1.165, 1.54) is 17.4 Å². The van der Waals surface area contributed by atoms with Crippen LogP contribution in [0.2, 0.25) is 0 Å². The third kappa shape index (κ3) is 3.75. The summed E-state index contributed by atoms with van der Waals surface area (Å²) in [5.41, 5.74) is 1.69. The fourth-order valence-electron chi connectivity index (χ4n) is 1.95. The maximum absolute atomic E-state index is 13.1. The number of amides is 1. The summed E-state index contributed by atoms with van der Waals surface area (Å²) in [6, 6.07) is 6.91. The molecular weight excluding hydrogens is 320 g/mol. The summed E-state index contributed by atoms with van der Waals surface area (Å²) in [6.07, 6.45) is 3.42. The van der Waals surface area contributed by atoms with Gasteiger partial charge in [-0.15, -0.1) is 11.3 Å². The molecule has 23 heavy (non-hydrogen) atoms. The van der Waals surface area contributed by atoms with Gasteiger partial charge in [0.15, 0.2) is 11.6 Å². The minimum absolute atomic E-state index is 0.0513. The van der Waals surface area contributed by atoms with Gasteiger partial charge in [-0.25, -0.2) is 13.8 Å². The minimum Gasteiger partial charge on any atom is -0.326 e. The van der Waals surface area contributed by atoms with Gasteiger partial charge in [-0.2, -0.15) is 0 Å². The molecule has 0 aliphatic rings. The summed E-state index contributed by atoms with van der Waals surface area (Å²) in [5, 5.41) is 5.07. The highest BCUT2D eigenvalue weighted by Gasteiger charge is 2.10. The molecule has 2 heterocycles. The lowest BCUT2D eigenvalue weighted by molar-refractivity contribution is -0.115. The van der Waals surface area contributed by atoms with Crippen molar-refractivity contribution in [2.24, 2.45) is 0 Å². The Bertz CT molecular complexity index is 836. The zero-order valence-electron chi connectivity index (χ0n) is 11.8. The second-order valence-electron chi connectivity index (χ2n) is 4.74. The molecule has 1 N–H and O–H groups in total. The van der Waals surface area contributed by atoms with E-state index in [0.717, 1.165) is 22.7 Å². The highest BCUT2D eigenvalue weighted by Crippen LogP contribution is 2.23. The molecule has 0 atom stereocenters. The summed E-state index contributed by atoms with van der Waals surface area (Å²) >= 11 is 1.41. The molecule has 116 valence electrons. The maximum Gasteiger partial charge on any atom is 0.230 e. The number of pyridine rings is 1. The molecule has 0 bridgehead atoms. The van der Waals surface area contributed by atoms with Crippen LogP contribution in [0.1, 0.15) is 5.69 Å². The summed E-state index contributed by atoms with van der Waals surface area (Å²) in [7, 11) is 0. The van der Waals surface area contributed by atoms with Gasteiger partial charge in [-0.05, 0) is 24.3 Å². The molecule has 3 aromatic rings. The second kappa shape index (κ2) is 6.62. The summed E-state index contributed by atoms with van der Waals surface area (Å²) in [6.45, 7) is 0. The van der Waals surface area contributed by atoms with Crippen molar-refractivity contribution in [3.8, 4) is 10.6 Å². The molecule has 3 rings (SSSR count). The van der Waals surface area contributed by atoms with E-state index in [9.17, 15) is 13.6 Å². The molecule has 0 saturated carbocycles. The van der Waals surface area contributed by atoms with Crippen molar-refractivity contribution in [1.29, 1.82) is 0 Å². The summed E-state index contributed by atoms with van der Waals surface area (Å²) < 4.78 is 26.0. The predicted molar refractivity (Wildman–Crippen MR) is 84.0 cm³/mol. The van der Waals surface area contributed by atoms with Crippen molar-refractivity contribution in [1.82, 2.24) is 9.97 Å². The fourth-order valence-corrected chi connectivity index (χ4v) is 2.76. The SMILES string of the molecule is O=C(Cc1csc(-c2cccnc2)n1)Nc1ccc(F)c(F)c1. The molecule has 0 radical (unpaired) electrons. The highest BCUT2D eigenvalue weighted by atomic mass is 32.1. The molecule has 4 nitrogen and oxygen atoms in total. The normalized spacial score (nSPS) is 10.5. The largest absolute Gasteiger partial charge is 0.326 e. The van der Waals surface area contributed by atoms with Gasteiger partial charge >= 0.3 is 0 Å². The minimum atomic E-state index is -1.00. The molecule has 0 unspecified atom stereocenters. The maximum atomic E-state index is 13.1. The Morgan fingerprint density at radius 3 is 2.83 bits per heavy atom. The van der Waals surface area contributed by atoms with Gasteiger partial charge in [0.2, 0.25) is 5.91 Å². The van der Waals surface area contributed by atoms with Gasteiger partial charge < -0.3 is 5.32 Å². The average molecular weight is 331 g/mol. The van der Waals surface area contributed by atoms with Gasteiger partial charge in [-0.3, -0.25) is 9.78 Å². The highest BCUT2D eigenvalue weighted by molar-refractivity contribution is 7.13. The first-order valence-corrected chi connectivity index (χ1v) is 7.59. The van der Waals surface area contributed by atoms with Crippen LogP contribution in [-0.2, 0) is 11.2 Å². The molecular formula is C16H11F2N3OS. The topological polar surface area (TPSA) is 54.9 Å². The van der Waals surface area contributed by atoms with Crippen LogP contribution in [0, 0.1) is 11.6 Å². The molecule has 0 aliphatic carbocycles. The summed E-state index contributed by atoms with van der Waals surface area (Å²) in [4.78, 5) is 20.3. The number of hydrogen-bond acceptors (Lipinski definition) is 4. The Labute approximate surface area is 134 Å². The predicted octanol–water partition coefficient (Wildman–Crippen LogP) is 3.66. The van der Waals surface area contributed by atoms with E-state index >= 15 is 0 Å². The van der Waals surface area contributed by atoms with E-state index in [2.05, 4.69) is 15.3 Å². The van der Waals surface area contributed by atoms with Gasteiger partial charge in [0.1, 0.15) is 5.01 Å². The lowest BCUT2D eigenvalue weighted by Crippen LogP contribution is -2.14. The third-order valence-electron chi connectivity index (χ3n) is 3.01. The number of anilines is 1. The van der Waals surface area contributed by atoms with Crippen molar-refractivity contribution in [2.75, 3.05) is 5.32 Å². The number of hydrogen-bond donors (Lipinski definition) is 1. The first-order valence-electron chi connectivity index (χ1n) is 6.71. The first kappa shape index (κ1) is 15.2. The molecule has 7 heteroatoms. The molecule has 0 aliphatic heterocycles. The van der Waals surface area contributed by atoms with Crippen LogP contribution in [0.15, 0.2) is 48.1 Å². The zero-order chi connectivity index (χ0) is 16.2. The smallest absolute Gasteiger partial charge is 0.230 e. The van der Waals surface area contributed by atoms with Crippen molar-refractivity contribution < 1.29 is 13.6 Å². The van der Waals surface area contributed by atoms with Gasteiger partial charge in [0, 0.05) is 35.1 Å². The lowest BCUT2D eigenvalue weighted by atomic mass is 10.2. The Morgan fingerprint density at radius 2 is 2.09 bits per heavy atom. The van der Waals surface area contributed by atoms with E-state index in [-0.39, 0.29) is 18.0 Å². The summed E-state index contributed by atoms with van der Waals surface area (Å²) in [5.74, 6) is -2.31. The molecule has 1 aromatic carbocycles. The monoisotopic (exact) mass is 331 g/mol. The standard InChI is InChI=1S/C16H11F2N3OS/c17-13-4-3-11(6-14(13)18)20-15(22)7-12-9-23-16(21-12)10-2-1-5-19-8-10/h1-6,8-9H,7H2,(H,20,22). The number of carbonyl (C=O) groups is 1. The fraction of sp³-hybridized carbons (Fsp3) is 0.0625. The molecule has 0 spiro atoms. The van der Waals surface area contributed by atoms with E-state index in [4.69, 9.17) is 0 Å². The van der Waals surface area contributed by atoms with E-state index in [1.54, 1.807) is 17.8 Å². The van der Waals surface area contributed by atoms with E-state index in [0.29, 0.717) is 5.69 Å². The quantitative estimate of drug-likeness (QED) is 0.794. The van der Waals surface area contributed by atoms with Gasteiger partial charge in [0.05, 0.1) is 12.1 Å². The van der Waals surface area contributed by atoms with Crippen LogP contribution in [0.25, 0.3) is 10.6 Å². The van der Waals surface area contributed by atoms with Crippen molar-refractivity contribution in [2.45, 2.75) is 6.42 Å². The van der Waals surface area contributed by atoms with Crippen LogP contribution >= 0.6 is 11.3 Å². The van der Waals surface area contributed by atoms with Crippen LogP contribution in [-0.4, -0.2) is 15.9 Å². The Hall–Kier alpha value is -2.67. The third-order valence-corrected chi connectivity index (χ3v) is 3.95.